The van der Waals surface area contributed by atoms with Gasteiger partial charge in [-0.05, 0) is 88.9 Å². The molecule has 0 spiro atoms. The van der Waals surface area contributed by atoms with E-state index in [9.17, 15) is 4.79 Å². The molecule has 4 nitrogen and oxygen atoms in total. The van der Waals surface area contributed by atoms with Crippen LogP contribution >= 0.6 is 0 Å². The number of aromatic nitrogens is 2. The molecule has 0 radical (unpaired) electrons. The summed E-state index contributed by atoms with van der Waals surface area (Å²) in [6.45, 7) is 4.98. The predicted molar refractivity (Wildman–Crippen MR) is 155 cm³/mol. The number of likely N-dealkylation sites (N-methyl/N-ethyl adjacent to an activating group) is 1. The number of nitrogens with one attached hydrogen (secondary N) is 1. The molecule has 1 N–H and O–H groups in total. The maximum atomic E-state index is 12.4. The van der Waals surface area contributed by atoms with Crippen molar-refractivity contribution in [3.8, 4) is 11.1 Å². The third kappa shape index (κ3) is 4.32. The highest BCUT2D eigenvalue weighted by atomic mass is 16.1. The number of amides is 1. The summed E-state index contributed by atoms with van der Waals surface area (Å²) in [6.07, 6.45) is 3.63. The number of hydrogen-bond acceptors (Lipinski definition) is 2. The summed E-state index contributed by atoms with van der Waals surface area (Å²) >= 11 is 0. The van der Waals surface area contributed by atoms with Gasteiger partial charge in [0.25, 0.3) is 0 Å². The standard InChI is InChI=1S/C34H31N3O/c1-22-17-28(25-9-5-4-6-10-25)19-32-34(22)36-23(2)37(32)21-24-13-16-30-27(18-24)15-14-26-11-7-8-12-29(26)31(30)20-33(38)35-3/h4-13,16-20H,14-15,21H2,1-3H3,(H,35,38)/b31-20+. The van der Waals surface area contributed by atoms with Crippen molar-refractivity contribution in [3.05, 3.63) is 130 Å². The number of aryl methyl sites for hydroxylation is 4. The number of benzene rings is 4. The second kappa shape index (κ2) is 9.79. The average Bonchev–Trinajstić information content (AvgIpc) is 3.17. The van der Waals surface area contributed by atoms with E-state index in [1.165, 1.54) is 33.4 Å². The lowest BCUT2D eigenvalue weighted by Gasteiger charge is -2.14. The summed E-state index contributed by atoms with van der Waals surface area (Å²) in [7, 11) is 1.68. The van der Waals surface area contributed by atoms with Crippen LogP contribution in [0.2, 0.25) is 0 Å². The summed E-state index contributed by atoms with van der Waals surface area (Å²) in [5, 5.41) is 2.75. The second-order valence-corrected chi connectivity index (χ2v) is 10.1. The highest BCUT2D eigenvalue weighted by Crippen LogP contribution is 2.35. The third-order valence-corrected chi connectivity index (χ3v) is 7.64. The molecule has 1 amide bonds. The van der Waals surface area contributed by atoms with Gasteiger partial charge in [0.05, 0.1) is 11.0 Å². The maximum Gasteiger partial charge on any atom is 0.244 e. The Morgan fingerprint density at radius 3 is 2.42 bits per heavy atom. The smallest absolute Gasteiger partial charge is 0.244 e. The quantitative estimate of drug-likeness (QED) is 0.283. The van der Waals surface area contributed by atoms with Crippen LogP contribution in [-0.2, 0) is 24.2 Å². The van der Waals surface area contributed by atoms with Crippen LogP contribution in [0.5, 0.6) is 0 Å². The highest BCUT2D eigenvalue weighted by Gasteiger charge is 2.20. The summed E-state index contributed by atoms with van der Waals surface area (Å²) < 4.78 is 2.32. The fraction of sp³-hybridized carbons (Fsp3) is 0.176. The highest BCUT2D eigenvalue weighted by molar-refractivity contribution is 6.00. The van der Waals surface area contributed by atoms with E-state index >= 15 is 0 Å². The zero-order chi connectivity index (χ0) is 26.2. The van der Waals surface area contributed by atoms with E-state index in [1.807, 2.05) is 0 Å². The van der Waals surface area contributed by atoms with Crippen LogP contribution in [0.3, 0.4) is 0 Å². The van der Waals surface area contributed by atoms with Crippen molar-refractivity contribution in [2.45, 2.75) is 33.2 Å². The molecule has 0 saturated heterocycles. The lowest BCUT2D eigenvalue weighted by Crippen LogP contribution is -2.15. The molecule has 6 rings (SSSR count). The predicted octanol–water partition coefficient (Wildman–Crippen LogP) is 6.64. The van der Waals surface area contributed by atoms with Crippen LogP contribution in [0.15, 0.2) is 91.0 Å². The van der Waals surface area contributed by atoms with Crippen molar-refractivity contribution >= 4 is 22.5 Å². The first-order chi connectivity index (χ1) is 18.5. The molecule has 0 fully saturated rings. The summed E-state index contributed by atoms with van der Waals surface area (Å²) in [5.41, 5.74) is 12.9. The van der Waals surface area contributed by atoms with Crippen LogP contribution in [0.4, 0.5) is 0 Å². The zero-order valence-corrected chi connectivity index (χ0v) is 22.1. The molecule has 0 unspecified atom stereocenters. The topological polar surface area (TPSA) is 46.9 Å². The number of nitrogens with zero attached hydrogens (tertiary/aromatic N) is 2. The first kappa shape index (κ1) is 23.9. The van der Waals surface area contributed by atoms with Gasteiger partial charge >= 0.3 is 0 Å². The molecule has 5 aromatic rings. The van der Waals surface area contributed by atoms with Crippen molar-refractivity contribution in [3.63, 3.8) is 0 Å². The molecule has 1 aliphatic carbocycles. The Morgan fingerprint density at radius 2 is 1.61 bits per heavy atom. The number of carbonyl (C=O) groups is 1. The van der Waals surface area contributed by atoms with Crippen LogP contribution in [-0.4, -0.2) is 22.5 Å². The van der Waals surface area contributed by atoms with Gasteiger partial charge in [-0.3, -0.25) is 4.79 Å². The van der Waals surface area contributed by atoms with Crippen LogP contribution < -0.4 is 5.32 Å². The van der Waals surface area contributed by atoms with Gasteiger partial charge in [-0.1, -0.05) is 72.8 Å². The van der Waals surface area contributed by atoms with Gasteiger partial charge in [-0.2, -0.15) is 0 Å². The fourth-order valence-corrected chi connectivity index (χ4v) is 5.68. The molecule has 188 valence electrons. The number of fused-ring (bicyclic) bond motifs is 3. The van der Waals surface area contributed by atoms with Crippen LogP contribution in [0, 0.1) is 13.8 Å². The Kier molecular flexibility index (Phi) is 6.16. The second-order valence-electron chi connectivity index (χ2n) is 10.1. The molecule has 1 aromatic heterocycles. The van der Waals surface area contributed by atoms with Gasteiger partial charge in [0.15, 0.2) is 0 Å². The van der Waals surface area contributed by atoms with Crippen LogP contribution in [0.1, 0.15) is 39.2 Å². The third-order valence-electron chi connectivity index (χ3n) is 7.64. The normalized spacial score (nSPS) is 13.7. The van der Waals surface area contributed by atoms with E-state index in [0.29, 0.717) is 0 Å². The Balaban J connectivity index is 1.42. The van der Waals surface area contributed by atoms with E-state index in [-0.39, 0.29) is 5.91 Å². The van der Waals surface area contributed by atoms with E-state index < -0.39 is 0 Å². The Bertz CT molecular complexity index is 1710. The van der Waals surface area contributed by atoms with Crippen molar-refractivity contribution in [1.82, 2.24) is 14.9 Å². The van der Waals surface area contributed by atoms with Gasteiger partial charge in [0.1, 0.15) is 5.82 Å². The molecule has 38 heavy (non-hydrogen) atoms. The minimum absolute atomic E-state index is 0.0863. The van der Waals surface area contributed by atoms with E-state index in [1.54, 1.807) is 13.1 Å². The van der Waals surface area contributed by atoms with Gasteiger partial charge in [0, 0.05) is 19.7 Å². The molecular formula is C34H31N3O. The molecule has 4 aromatic carbocycles. The Labute approximate surface area is 223 Å². The van der Waals surface area contributed by atoms with Gasteiger partial charge in [-0.15, -0.1) is 0 Å². The first-order valence-electron chi connectivity index (χ1n) is 13.2. The summed E-state index contributed by atoms with van der Waals surface area (Å²) in [5.74, 6) is 0.924. The lowest BCUT2D eigenvalue weighted by molar-refractivity contribution is -0.116. The minimum Gasteiger partial charge on any atom is -0.356 e. The van der Waals surface area contributed by atoms with Crippen molar-refractivity contribution < 1.29 is 4.79 Å². The molecule has 0 bridgehead atoms. The molecule has 1 aliphatic rings. The van der Waals surface area contributed by atoms with Crippen molar-refractivity contribution in [1.29, 1.82) is 0 Å². The van der Waals surface area contributed by atoms with Crippen molar-refractivity contribution in [2.75, 3.05) is 7.05 Å². The average molecular weight is 498 g/mol. The van der Waals surface area contributed by atoms with E-state index in [4.69, 9.17) is 4.98 Å². The first-order valence-corrected chi connectivity index (χ1v) is 13.2. The number of imidazole rings is 1. The van der Waals surface area contributed by atoms with Crippen LogP contribution in [0.25, 0.3) is 27.7 Å². The molecule has 0 atom stereocenters. The Hall–Kier alpha value is -4.44. The largest absolute Gasteiger partial charge is 0.356 e. The van der Waals surface area contributed by atoms with Gasteiger partial charge in [0.2, 0.25) is 5.91 Å². The van der Waals surface area contributed by atoms with E-state index in [2.05, 4.69) is 109 Å². The summed E-state index contributed by atoms with van der Waals surface area (Å²) in [4.78, 5) is 17.3. The monoisotopic (exact) mass is 497 g/mol. The number of hydrogen-bond donors (Lipinski definition) is 1. The molecule has 0 aliphatic heterocycles. The molecule has 0 saturated carbocycles. The number of carbonyl (C=O) groups excluding carboxylic acids is 1. The SMILES string of the molecule is CNC(=O)/C=C1\c2ccccc2CCc2cc(Cn3c(C)nc4c(C)cc(-c5ccccc5)cc43)ccc21. The Morgan fingerprint density at radius 1 is 0.868 bits per heavy atom. The van der Waals surface area contributed by atoms with Crippen molar-refractivity contribution in [2.24, 2.45) is 0 Å². The molecule has 1 heterocycles. The van der Waals surface area contributed by atoms with E-state index in [0.717, 1.165) is 52.9 Å². The number of rotatable bonds is 4. The minimum atomic E-state index is -0.0863. The van der Waals surface area contributed by atoms with Gasteiger partial charge in [-0.25, -0.2) is 4.98 Å². The summed E-state index contributed by atoms with van der Waals surface area (Å²) in [6, 6.07) is 30.2. The zero-order valence-electron chi connectivity index (χ0n) is 22.1. The lowest BCUT2D eigenvalue weighted by atomic mass is 9.92. The maximum absolute atomic E-state index is 12.4. The molecule has 4 heteroatoms. The van der Waals surface area contributed by atoms with Gasteiger partial charge < -0.3 is 9.88 Å². The molecular weight excluding hydrogens is 466 g/mol. The fourth-order valence-electron chi connectivity index (χ4n) is 5.68.